The average Bonchev–Trinajstić information content (AvgIpc) is 3.26. The summed E-state index contributed by atoms with van der Waals surface area (Å²) in [4.78, 5) is 30.5. The number of aromatic nitrogens is 1. The third-order valence-electron chi connectivity index (χ3n) is 5.48. The first-order valence-corrected chi connectivity index (χ1v) is 10.3. The Morgan fingerprint density at radius 1 is 1.23 bits per heavy atom. The van der Waals surface area contributed by atoms with Crippen molar-refractivity contribution in [3.05, 3.63) is 47.4 Å². The molecule has 0 N–H and O–H groups in total. The average molecular weight is 412 g/mol. The Labute approximate surface area is 175 Å². The maximum Gasteiger partial charge on any atom is 0.268 e. The summed E-state index contributed by atoms with van der Waals surface area (Å²) in [5.41, 5.74) is 1.24. The van der Waals surface area contributed by atoms with Gasteiger partial charge in [0.05, 0.1) is 12.8 Å². The van der Waals surface area contributed by atoms with E-state index in [4.69, 9.17) is 9.47 Å². The normalized spacial score (nSPS) is 18.3. The van der Waals surface area contributed by atoms with Gasteiger partial charge in [-0.25, -0.2) is 9.37 Å². The highest BCUT2D eigenvalue weighted by atomic mass is 19.1. The van der Waals surface area contributed by atoms with E-state index in [9.17, 15) is 14.0 Å². The van der Waals surface area contributed by atoms with Crippen LogP contribution in [0.5, 0.6) is 11.6 Å². The lowest BCUT2D eigenvalue weighted by Gasteiger charge is -2.18. The molecule has 0 bridgehead atoms. The fourth-order valence-corrected chi connectivity index (χ4v) is 3.76. The van der Waals surface area contributed by atoms with Gasteiger partial charge in [0.15, 0.2) is 11.9 Å². The standard InChI is InChI=1S/C23H25FN2O4/c1-14(2)8-10-29-22-6-3-16(13-25-22)30-21-7-9-26(23(21)28)15-11-18-17(19(24)12-15)4-5-20(18)27/h3,6,11-14,21H,4-5,7-10H2,1-2H3. The number of benzene rings is 1. The minimum atomic E-state index is -0.675. The van der Waals surface area contributed by atoms with E-state index in [-0.39, 0.29) is 11.7 Å². The van der Waals surface area contributed by atoms with Gasteiger partial charge in [0.1, 0.15) is 11.6 Å². The molecule has 1 amide bonds. The van der Waals surface area contributed by atoms with Gasteiger partial charge in [0.25, 0.3) is 5.91 Å². The van der Waals surface area contributed by atoms with Crippen molar-refractivity contribution in [2.24, 2.45) is 5.92 Å². The van der Waals surface area contributed by atoms with Crippen LogP contribution in [-0.2, 0) is 11.2 Å². The Morgan fingerprint density at radius 2 is 2.07 bits per heavy atom. The van der Waals surface area contributed by atoms with Gasteiger partial charge in [0, 0.05) is 36.7 Å². The third-order valence-corrected chi connectivity index (χ3v) is 5.48. The number of anilines is 1. The molecule has 1 atom stereocenters. The van der Waals surface area contributed by atoms with Crippen LogP contribution in [0.2, 0.25) is 0 Å². The van der Waals surface area contributed by atoms with Crippen LogP contribution in [-0.4, -0.2) is 35.9 Å². The number of fused-ring (bicyclic) bond motifs is 1. The number of Topliss-reactive ketones (excluding diaryl/α,β-unsaturated/α-hetero) is 1. The third kappa shape index (κ3) is 4.15. The van der Waals surface area contributed by atoms with E-state index in [0.717, 1.165) is 6.42 Å². The zero-order valence-corrected chi connectivity index (χ0v) is 17.2. The van der Waals surface area contributed by atoms with E-state index < -0.39 is 11.9 Å². The molecule has 30 heavy (non-hydrogen) atoms. The van der Waals surface area contributed by atoms with Crippen LogP contribution in [0.25, 0.3) is 0 Å². The number of amides is 1. The molecule has 1 fully saturated rings. The van der Waals surface area contributed by atoms with Crippen LogP contribution in [0, 0.1) is 11.7 Å². The summed E-state index contributed by atoms with van der Waals surface area (Å²) in [7, 11) is 0. The van der Waals surface area contributed by atoms with Crippen LogP contribution in [0.4, 0.5) is 10.1 Å². The van der Waals surface area contributed by atoms with Gasteiger partial charge in [-0.1, -0.05) is 13.8 Å². The molecule has 1 aliphatic heterocycles. The Hall–Kier alpha value is -2.96. The quantitative estimate of drug-likeness (QED) is 0.689. The topological polar surface area (TPSA) is 68.7 Å². The number of rotatable bonds is 7. The number of halogens is 1. The molecule has 0 radical (unpaired) electrons. The lowest BCUT2D eigenvalue weighted by Crippen LogP contribution is -2.32. The van der Waals surface area contributed by atoms with Crippen molar-refractivity contribution < 1.29 is 23.5 Å². The molecule has 1 saturated heterocycles. The number of pyridine rings is 1. The van der Waals surface area contributed by atoms with E-state index in [1.807, 2.05) is 0 Å². The number of hydrogen-bond donors (Lipinski definition) is 0. The van der Waals surface area contributed by atoms with E-state index in [1.54, 1.807) is 18.2 Å². The maximum absolute atomic E-state index is 14.4. The van der Waals surface area contributed by atoms with Gasteiger partial charge in [0.2, 0.25) is 5.88 Å². The van der Waals surface area contributed by atoms with Crippen LogP contribution in [0.15, 0.2) is 30.5 Å². The summed E-state index contributed by atoms with van der Waals surface area (Å²) in [6, 6.07) is 6.40. The van der Waals surface area contributed by atoms with Crippen molar-refractivity contribution in [2.45, 2.75) is 45.6 Å². The first-order chi connectivity index (χ1) is 14.4. The molecule has 0 saturated carbocycles. The number of ketones is 1. The molecule has 158 valence electrons. The molecule has 4 rings (SSSR count). The van der Waals surface area contributed by atoms with Crippen molar-refractivity contribution in [2.75, 3.05) is 18.1 Å². The molecule has 6 nitrogen and oxygen atoms in total. The fourth-order valence-electron chi connectivity index (χ4n) is 3.76. The number of nitrogens with zero attached hydrogens (tertiary/aromatic N) is 2. The Bertz CT molecular complexity index is 958. The summed E-state index contributed by atoms with van der Waals surface area (Å²) < 4.78 is 25.8. The Morgan fingerprint density at radius 3 is 2.80 bits per heavy atom. The summed E-state index contributed by atoms with van der Waals surface area (Å²) in [5, 5.41) is 0. The molecule has 2 aliphatic rings. The van der Waals surface area contributed by atoms with Crippen molar-refractivity contribution in [1.82, 2.24) is 4.98 Å². The van der Waals surface area contributed by atoms with E-state index in [0.29, 0.717) is 66.8 Å². The molecular formula is C23H25FN2O4. The second kappa shape index (κ2) is 8.42. The van der Waals surface area contributed by atoms with Crippen molar-refractivity contribution in [3.8, 4) is 11.6 Å². The first-order valence-electron chi connectivity index (χ1n) is 10.3. The minimum absolute atomic E-state index is 0.0769. The second-order valence-electron chi connectivity index (χ2n) is 8.13. The van der Waals surface area contributed by atoms with E-state index in [2.05, 4.69) is 18.8 Å². The second-order valence-corrected chi connectivity index (χ2v) is 8.13. The molecular weight excluding hydrogens is 387 g/mol. The summed E-state index contributed by atoms with van der Waals surface area (Å²) >= 11 is 0. The number of hydrogen-bond acceptors (Lipinski definition) is 5. The van der Waals surface area contributed by atoms with E-state index in [1.165, 1.54) is 17.2 Å². The number of carbonyl (C=O) groups is 2. The molecule has 7 heteroatoms. The lowest BCUT2D eigenvalue weighted by molar-refractivity contribution is -0.122. The van der Waals surface area contributed by atoms with Crippen LogP contribution >= 0.6 is 0 Å². The highest BCUT2D eigenvalue weighted by Crippen LogP contribution is 2.32. The minimum Gasteiger partial charge on any atom is -0.479 e. The van der Waals surface area contributed by atoms with Gasteiger partial charge >= 0.3 is 0 Å². The molecule has 0 spiro atoms. The van der Waals surface area contributed by atoms with Gasteiger partial charge < -0.3 is 14.4 Å². The molecule has 2 heterocycles. The largest absolute Gasteiger partial charge is 0.479 e. The van der Waals surface area contributed by atoms with Crippen LogP contribution < -0.4 is 14.4 Å². The highest BCUT2D eigenvalue weighted by Gasteiger charge is 2.36. The molecule has 2 aromatic rings. The zero-order valence-electron chi connectivity index (χ0n) is 17.2. The summed E-state index contributed by atoms with van der Waals surface area (Å²) in [6.45, 7) is 5.26. The smallest absolute Gasteiger partial charge is 0.268 e. The maximum atomic E-state index is 14.4. The van der Waals surface area contributed by atoms with Crippen molar-refractivity contribution in [3.63, 3.8) is 0 Å². The van der Waals surface area contributed by atoms with Gasteiger partial charge in [-0.2, -0.15) is 0 Å². The Kier molecular flexibility index (Phi) is 5.70. The number of carbonyl (C=O) groups excluding carboxylic acids is 2. The molecule has 1 aromatic heterocycles. The van der Waals surface area contributed by atoms with Crippen LogP contribution in [0.1, 0.15) is 49.0 Å². The Balaban J connectivity index is 1.40. The molecule has 1 aromatic carbocycles. The highest BCUT2D eigenvalue weighted by molar-refractivity contribution is 6.04. The van der Waals surface area contributed by atoms with Gasteiger partial charge in [-0.05, 0) is 42.5 Å². The number of ether oxygens (including phenoxy) is 2. The van der Waals surface area contributed by atoms with Gasteiger partial charge in [-0.3, -0.25) is 9.59 Å². The summed E-state index contributed by atoms with van der Waals surface area (Å²) in [5.74, 6) is 0.787. The molecule has 1 unspecified atom stereocenters. The lowest BCUT2D eigenvalue weighted by atomic mass is 10.1. The first kappa shape index (κ1) is 20.3. The monoisotopic (exact) mass is 412 g/mol. The van der Waals surface area contributed by atoms with Crippen molar-refractivity contribution >= 4 is 17.4 Å². The SMILES string of the molecule is CC(C)CCOc1ccc(OC2CCN(c3cc(F)c4c(c3)C(=O)CC4)C2=O)cn1. The van der Waals surface area contributed by atoms with E-state index >= 15 is 0 Å². The van der Waals surface area contributed by atoms with Crippen LogP contribution in [0.3, 0.4) is 0 Å². The summed E-state index contributed by atoms with van der Waals surface area (Å²) in [6.07, 6.45) is 3.02. The predicted molar refractivity (Wildman–Crippen MR) is 110 cm³/mol. The zero-order chi connectivity index (χ0) is 21.3. The fraction of sp³-hybridized carbons (Fsp3) is 0.435. The van der Waals surface area contributed by atoms with Gasteiger partial charge in [-0.15, -0.1) is 0 Å². The van der Waals surface area contributed by atoms with Crippen molar-refractivity contribution in [1.29, 1.82) is 0 Å². The predicted octanol–water partition coefficient (Wildman–Crippen LogP) is 3.96. The molecule has 1 aliphatic carbocycles.